The monoisotopic (exact) mass is 210 g/mol. The van der Waals surface area contributed by atoms with Gasteiger partial charge in [-0.15, -0.1) is 0 Å². The first-order valence-corrected chi connectivity index (χ1v) is 4.33. The maximum Gasteiger partial charge on any atom is 0.223 e. The number of hydrogen-bond acceptors (Lipinski definition) is 5. The molecule has 14 heavy (non-hydrogen) atoms. The van der Waals surface area contributed by atoms with Crippen LogP contribution in [0.1, 0.15) is 5.76 Å². The minimum atomic E-state index is 0.502. The summed E-state index contributed by atoms with van der Waals surface area (Å²) in [6.07, 6.45) is 4.63. The van der Waals surface area contributed by atoms with Crippen LogP contribution in [0, 0.1) is 0 Å². The highest BCUT2D eigenvalue weighted by Crippen LogP contribution is 2.06. The molecule has 2 rings (SSSR count). The third-order valence-electron chi connectivity index (χ3n) is 1.53. The normalized spacial score (nSPS) is 10.1. The van der Waals surface area contributed by atoms with E-state index in [0.29, 0.717) is 17.5 Å². The van der Waals surface area contributed by atoms with E-state index in [0.717, 1.165) is 5.76 Å². The second kappa shape index (κ2) is 4.06. The summed E-state index contributed by atoms with van der Waals surface area (Å²) in [6, 6.07) is 1.77. The first-order valence-electron chi connectivity index (χ1n) is 3.95. The molecule has 0 aliphatic carbocycles. The van der Waals surface area contributed by atoms with Crippen molar-refractivity contribution in [3.8, 4) is 0 Å². The van der Waals surface area contributed by atoms with Crippen molar-refractivity contribution in [2.24, 2.45) is 0 Å². The molecule has 72 valence electrons. The average molecular weight is 211 g/mol. The molecule has 0 aliphatic rings. The lowest BCUT2D eigenvalue weighted by molar-refractivity contribution is 0.388. The number of halogens is 1. The lowest BCUT2D eigenvalue weighted by atomic mass is 10.4. The van der Waals surface area contributed by atoms with Crippen LogP contribution in [0.2, 0.25) is 5.02 Å². The van der Waals surface area contributed by atoms with E-state index in [4.69, 9.17) is 16.1 Å². The van der Waals surface area contributed by atoms with Crippen molar-refractivity contribution in [1.82, 2.24) is 15.1 Å². The van der Waals surface area contributed by atoms with Gasteiger partial charge in [-0.05, 0) is 0 Å². The zero-order valence-electron chi connectivity index (χ0n) is 7.14. The number of nitrogens with zero attached hydrogens (tertiary/aromatic N) is 3. The van der Waals surface area contributed by atoms with Crippen LogP contribution in [0.4, 0.5) is 5.95 Å². The van der Waals surface area contributed by atoms with Gasteiger partial charge in [0.1, 0.15) is 0 Å². The van der Waals surface area contributed by atoms with E-state index < -0.39 is 0 Å². The van der Waals surface area contributed by atoms with Gasteiger partial charge >= 0.3 is 0 Å². The number of anilines is 1. The van der Waals surface area contributed by atoms with E-state index in [1.165, 1.54) is 12.4 Å². The van der Waals surface area contributed by atoms with Crippen LogP contribution in [-0.4, -0.2) is 15.1 Å². The van der Waals surface area contributed by atoms with Crippen molar-refractivity contribution in [3.05, 3.63) is 35.4 Å². The Bertz CT molecular complexity index is 386. The molecule has 2 aromatic heterocycles. The molecule has 1 N–H and O–H groups in total. The summed E-state index contributed by atoms with van der Waals surface area (Å²) in [5.74, 6) is 1.23. The van der Waals surface area contributed by atoms with Crippen LogP contribution in [-0.2, 0) is 6.54 Å². The smallest absolute Gasteiger partial charge is 0.223 e. The Kier molecular flexibility index (Phi) is 2.60. The Balaban J connectivity index is 1.95. The maximum atomic E-state index is 5.63. The summed E-state index contributed by atoms with van der Waals surface area (Å²) in [5.41, 5.74) is 0. The molecule has 0 amide bonds. The summed E-state index contributed by atoms with van der Waals surface area (Å²) in [6.45, 7) is 0.502. The highest BCUT2D eigenvalue weighted by molar-refractivity contribution is 6.30. The molecule has 0 saturated carbocycles. The molecule has 0 atom stereocenters. The molecule has 0 radical (unpaired) electrons. The molecule has 0 aromatic carbocycles. The summed E-state index contributed by atoms with van der Waals surface area (Å²) in [5, 5.41) is 7.04. The zero-order valence-corrected chi connectivity index (χ0v) is 7.90. The highest BCUT2D eigenvalue weighted by Gasteiger charge is 1.98. The van der Waals surface area contributed by atoms with Gasteiger partial charge in [0.05, 0.1) is 30.2 Å². The number of rotatable bonds is 3. The summed E-state index contributed by atoms with van der Waals surface area (Å²) >= 11 is 5.63. The first-order chi connectivity index (χ1) is 6.84. The predicted octanol–water partition coefficient (Wildman–Crippen LogP) is 1.73. The molecule has 2 heterocycles. The van der Waals surface area contributed by atoms with Gasteiger partial charge < -0.3 is 9.84 Å². The quantitative estimate of drug-likeness (QED) is 0.836. The molecular formula is C8H7ClN4O. The van der Waals surface area contributed by atoms with Gasteiger partial charge in [-0.25, -0.2) is 9.97 Å². The van der Waals surface area contributed by atoms with Crippen LogP contribution in [0.25, 0.3) is 0 Å². The fraction of sp³-hybridized carbons (Fsp3) is 0.125. The fourth-order valence-corrected chi connectivity index (χ4v) is 1.00. The Morgan fingerprint density at radius 2 is 2.14 bits per heavy atom. The van der Waals surface area contributed by atoms with Crippen molar-refractivity contribution >= 4 is 17.5 Å². The van der Waals surface area contributed by atoms with Gasteiger partial charge in [-0.3, -0.25) is 0 Å². The Morgan fingerprint density at radius 1 is 1.36 bits per heavy atom. The summed E-state index contributed by atoms with van der Waals surface area (Å²) in [7, 11) is 0. The molecule has 0 spiro atoms. The van der Waals surface area contributed by atoms with E-state index >= 15 is 0 Å². The van der Waals surface area contributed by atoms with E-state index in [2.05, 4.69) is 20.4 Å². The minimum Gasteiger partial charge on any atom is -0.360 e. The van der Waals surface area contributed by atoms with Gasteiger partial charge in [0.15, 0.2) is 5.76 Å². The molecule has 6 heteroatoms. The van der Waals surface area contributed by atoms with Crippen LogP contribution in [0.15, 0.2) is 29.2 Å². The van der Waals surface area contributed by atoms with E-state index in [9.17, 15) is 0 Å². The number of hydrogen-bond donors (Lipinski definition) is 1. The van der Waals surface area contributed by atoms with Crippen molar-refractivity contribution in [2.75, 3.05) is 5.32 Å². The molecule has 2 aromatic rings. The van der Waals surface area contributed by atoms with Crippen LogP contribution in [0.5, 0.6) is 0 Å². The Hall–Kier alpha value is -1.62. The zero-order chi connectivity index (χ0) is 9.80. The molecule has 0 fully saturated rings. The van der Waals surface area contributed by atoms with Gasteiger partial charge in [-0.1, -0.05) is 16.8 Å². The lowest BCUT2D eigenvalue weighted by Crippen LogP contribution is -2.01. The number of nitrogens with one attached hydrogen (secondary N) is 1. The van der Waals surface area contributed by atoms with Crippen LogP contribution in [0.3, 0.4) is 0 Å². The second-order valence-electron chi connectivity index (χ2n) is 2.56. The fourth-order valence-electron chi connectivity index (χ4n) is 0.903. The highest BCUT2D eigenvalue weighted by atomic mass is 35.5. The molecular weight excluding hydrogens is 204 g/mol. The third kappa shape index (κ3) is 2.20. The van der Waals surface area contributed by atoms with Gasteiger partial charge in [-0.2, -0.15) is 0 Å². The molecule has 0 saturated heterocycles. The van der Waals surface area contributed by atoms with E-state index in [1.807, 2.05) is 0 Å². The predicted molar refractivity (Wildman–Crippen MR) is 50.9 cm³/mol. The third-order valence-corrected chi connectivity index (χ3v) is 1.73. The largest absolute Gasteiger partial charge is 0.360 e. The van der Waals surface area contributed by atoms with Crippen molar-refractivity contribution in [3.63, 3.8) is 0 Å². The maximum absolute atomic E-state index is 5.63. The van der Waals surface area contributed by atoms with E-state index in [1.54, 1.807) is 12.3 Å². The van der Waals surface area contributed by atoms with Crippen molar-refractivity contribution < 1.29 is 4.52 Å². The number of aromatic nitrogens is 3. The molecule has 0 aliphatic heterocycles. The summed E-state index contributed by atoms with van der Waals surface area (Å²) in [4.78, 5) is 7.92. The molecule has 0 bridgehead atoms. The topological polar surface area (TPSA) is 63.8 Å². The second-order valence-corrected chi connectivity index (χ2v) is 2.99. The minimum absolute atomic E-state index is 0.502. The van der Waals surface area contributed by atoms with Crippen LogP contribution < -0.4 is 5.32 Å². The van der Waals surface area contributed by atoms with Crippen molar-refractivity contribution in [2.45, 2.75) is 6.54 Å². The Morgan fingerprint density at radius 3 is 2.79 bits per heavy atom. The van der Waals surface area contributed by atoms with Gasteiger partial charge in [0.2, 0.25) is 5.95 Å². The van der Waals surface area contributed by atoms with Gasteiger partial charge in [0.25, 0.3) is 0 Å². The van der Waals surface area contributed by atoms with Gasteiger partial charge in [0, 0.05) is 6.07 Å². The standard InChI is InChI=1S/C8H7ClN4O/c9-6-3-10-8(11-4-6)12-5-7-1-2-13-14-7/h1-4H,5H2,(H,10,11,12). The van der Waals surface area contributed by atoms with E-state index in [-0.39, 0.29) is 0 Å². The lowest BCUT2D eigenvalue weighted by Gasteiger charge is -2.00. The Labute approximate surface area is 85.1 Å². The average Bonchev–Trinajstić information content (AvgIpc) is 2.70. The molecule has 0 unspecified atom stereocenters. The van der Waals surface area contributed by atoms with Crippen molar-refractivity contribution in [1.29, 1.82) is 0 Å². The van der Waals surface area contributed by atoms with Crippen LogP contribution >= 0.6 is 11.6 Å². The molecule has 5 nitrogen and oxygen atoms in total. The first kappa shape index (κ1) is 8.96. The SMILES string of the molecule is Clc1cnc(NCc2ccno2)nc1. The summed E-state index contributed by atoms with van der Waals surface area (Å²) < 4.78 is 4.88.